The molecule has 2 unspecified atom stereocenters. The van der Waals surface area contributed by atoms with Crippen molar-refractivity contribution in [3.8, 4) is 0 Å². The van der Waals surface area contributed by atoms with Crippen molar-refractivity contribution in [3.63, 3.8) is 0 Å². The number of aliphatic hydroxyl groups is 1. The van der Waals surface area contributed by atoms with Gasteiger partial charge in [-0.25, -0.2) is 0 Å². The minimum Gasteiger partial charge on any atom is -0.396 e. The van der Waals surface area contributed by atoms with E-state index >= 15 is 0 Å². The lowest BCUT2D eigenvalue weighted by molar-refractivity contribution is 0.243. The molecule has 1 heterocycles. The van der Waals surface area contributed by atoms with Crippen molar-refractivity contribution in [1.82, 2.24) is 4.90 Å². The lowest BCUT2D eigenvalue weighted by atomic mass is 10.0. The summed E-state index contributed by atoms with van der Waals surface area (Å²) in [5.41, 5.74) is 0. The number of aliphatic hydroxyl groups excluding tert-OH is 1. The molecule has 0 aromatic rings. The Morgan fingerprint density at radius 2 is 1.82 bits per heavy atom. The molecule has 1 N–H and O–H groups in total. The standard InChI is InChI=1S/C9H19NO/c1-8-6-10(4-3-5-11)7-9(8)2/h8-9,11H,3-7H2,1-2H3. The van der Waals surface area contributed by atoms with E-state index in [9.17, 15) is 0 Å². The zero-order valence-electron chi connectivity index (χ0n) is 7.58. The van der Waals surface area contributed by atoms with Gasteiger partial charge in [-0.2, -0.15) is 0 Å². The van der Waals surface area contributed by atoms with Crippen LogP contribution >= 0.6 is 0 Å². The third kappa shape index (κ3) is 2.46. The molecule has 2 atom stereocenters. The summed E-state index contributed by atoms with van der Waals surface area (Å²) in [7, 11) is 0. The molecule has 0 saturated carbocycles. The zero-order chi connectivity index (χ0) is 8.27. The molecule has 0 amide bonds. The quantitative estimate of drug-likeness (QED) is 0.659. The average molecular weight is 157 g/mol. The van der Waals surface area contributed by atoms with Crippen molar-refractivity contribution < 1.29 is 5.11 Å². The Hall–Kier alpha value is -0.0800. The summed E-state index contributed by atoms with van der Waals surface area (Å²) in [5, 5.41) is 8.63. The fraction of sp³-hybridized carbons (Fsp3) is 1.00. The summed E-state index contributed by atoms with van der Waals surface area (Å²) in [6.45, 7) is 8.47. The van der Waals surface area contributed by atoms with Crippen LogP contribution in [-0.2, 0) is 0 Å². The molecule has 0 aromatic carbocycles. The minimum absolute atomic E-state index is 0.333. The second-order valence-corrected chi connectivity index (χ2v) is 3.79. The van der Waals surface area contributed by atoms with Gasteiger partial charge >= 0.3 is 0 Å². The summed E-state index contributed by atoms with van der Waals surface area (Å²) in [5.74, 6) is 1.68. The van der Waals surface area contributed by atoms with Gasteiger partial charge in [0.05, 0.1) is 0 Å². The number of rotatable bonds is 3. The van der Waals surface area contributed by atoms with Gasteiger partial charge in [-0.3, -0.25) is 0 Å². The first kappa shape index (κ1) is 9.01. The second-order valence-electron chi connectivity index (χ2n) is 3.79. The van der Waals surface area contributed by atoms with Gasteiger partial charge in [0.2, 0.25) is 0 Å². The van der Waals surface area contributed by atoms with Gasteiger partial charge in [0.15, 0.2) is 0 Å². The van der Waals surface area contributed by atoms with Crippen LogP contribution in [0.15, 0.2) is 0 Å². The molecule has 2 nitrogen and oxygen atoms in total. The number of hydrogen-bond acceptors (Lipinski definition) is 2. The van der Waals surface area contributed by atoms with Crippen molar-refractivity contribution >= 4 is 0 Å². The average Bonchev–Trinajstić information content (AvgIpc) is 2.28. The largest absolute Gasteiger partial charge is 0.396 e. The fourth-order valence-electron chi connectivity index (χ4n) is 1.73. The predicted molar refractivity (Wildman–Crippen MR) is 46.5 cm³/mol. The maximum atomic E-state index is 8.63. The van der Waals surface area contributed by atoms with Gasteiger partial charge < -0.3 is 10.0 Å². The molecule has 66 valence electrons. The van der Waals surface area contributed by atoms with Crippen LogP contribution in [0.2, 0.25) is 0 Å². The van der Waals surface area contributed by atoms with E-state index in [4.69, 9.17) is 5.11 Å². The maximum absolute atomic E-state index is 8.63. The summed E-state index contributed by atoms with van der Waals surface area (Å²) >= 11 is 0. The molecule has 1 rings (SSSR count). The summed E-state index contributed by atoms with van der Waals surface area (Å²) in [6.07, 6.45) is 0.930. The highest BCUT2D eigenvalue weighted by Gasteiger charge is 2.24. The molecule has 1 fully saturated rings. The summed E-state index contributed by atoms with van der Waals surface area (Å²) < 4.78 is 0. The first-order valence-electron chi connectivity index (χ1n) is 4.57. The predicted octanol–water partition coefficient (Wildman–Crippen LogP) is 0.957. The zero-order valence-corrected chi connectivity index (χ0v) is 7.58. The first-order chi connectivity index (χ1) is 5.24. The number of nitrogens with zero attached hydrogens (tertiary/aromatic N) is 1. The Bertz CT molecular complexity index is 106. The first-order valence-corrected chi connectivity index (χ1v) is 4.57. The molecule has 0 spiro atoms. The molecule has 2 heteroatoms. The molecule has 0 aliphatic carbocycles. The fourth-order valence-corrected chi connectivity index (χ4v) is 1.73. The molecule has 1 saturated heterocycles. The molecule has 0 radical (unpaired) electrons. The van der Waals surface area contributed by atoms with E-state index in [1.165, 1.54) is 13.1 Å². The molecular weight excluding hydrogens is 138 g/mol. The van der Waals surface area contributed by atoms with E-state index in [2.05, 4.69) is 18.7 Å². The lowest BCUT2D eigenvalue weighted by Gasteiger charge is -2.13. The molecule has 11 heavy (non-hydrogen) atoms. The van der Waals surface area contributed by atoms with Crippen LogP contribution in [0.3, 0.4) is 0 Å². The van der Waals surface area contributed by atoms with Crippen molar-refractivity contribution in [2.75, 3.05) is 26.2 Å². The normalized spacial score (nSPS) is 33.0. The van der Waals surface area contributed by atoms with E-state index in [0.29, 0.717) is 6.61 Å². The molecule has 0 bridgehead atoms. The minimum atomic E-state index is 0.333. The molecule has 0 aromatic heterocycles. The van der Waals surface area contributed by atoms with Gasteiger partial charge in [0, 0.05) is 26.2 Å². The van der Waals surface area contributed by atoms with E-state index < -0.39 is 0 Å². The van der Waals surface area contributed by atoms with E-state index in [0.717, 1.165) is 24.8 Å². The molecule has 1 aliphatic heterocycles. The van der Waals surface area contributed by atoms with Crippen molar-refractivity contribution in [1.29, 1.82) is 0 Å². The van der Waals surface area contributed by atoms with E-state index in [-0.39, 0.29) is 0 Å². The van der Waals surface area contributed by atoms with Gasteiger partial charge in [0.1, 0.15) is 0 Å². The number of hydrogen-bond donors (Lipinski definition) is 1. The van der Waals surface area contributed by atoms with Gasteiger partial charge in [-0.1, -0.05) is 13.8 Å². The highest BCUT2D eigenvalue weighted by atomic mass is 16.3. The number of likely N-dealkylation sites (tertiary alicyclic amines) is 1. The van der Waals surface area contributed by atoms with Gasteiger partial charge in [-0.05, 0) is 18.3 Å². The highest BCUT2D eigenvalue weighted by molar-refractivity contribution is 4.77. The third-order valence-electron chi connectivity index (χ3n) is 2.70. The molecular formula is C9H19NO. The van der Waals surface area contributed by atoms with Crippen LogP contribution < -0.4 is 0 Å². The molecule has 1 aliphatic rings. The van der Waals surface area contributed by atoms with Crippen LogP contribution in [0.25, 0.3) is 0 Å². The van der Waals surface area contributed by atoms with Crippen LogP contribution in [0.1, 0.15) is 20.3 Å². The van der Waals surface area contributed by atoms with Crippen molar-refractivity contribution in [2.45, 2.75) is 20.3 Å². The van der Waals surface area contributed by atoms with E-state index in [1.807, 2.05) is 0 Å². The Morgan fingerprint density at radius 3 is 2.27 bits per heavy atom. The van der Waals surface area contributed by atoms with Gasteiger partial charge in [0.25, 0.3) is 0 Å². The maximum Gasteiger partial charge on any atom is 0.0443 e. The highest BCUT2D eigenvalue weighted by Crippen LogP contribution is 2.21. The SMILES string of the molecule is CC1CN(CCCO)CC1C. The summed E-state index contributed by atoms with van der Waals surface area (Å²) in [4.78, 5) is 2.45. The van der Waals surface area contributed by atoms with Crippen molar-refractivity contribution in [3.05, 3.63) is 0 Å². The Balaban J connectivity index is 2.18. The van der Waals surface area contributed by atoms with Crippen LogP contribution in [0.5, 0.6) is 0 Å². The lowest BCUT2D eigenvalue weighted by Crippen LogP contribution is -2.22. The summed E-state index contributed by atoms with van der Waals surface area (Å²) in [6, 6.07) is 0. The van der Waals surface area contributed by atoms with Crippen LogP contribution in [0.4, 0.5) is 0 Å². The Labute approximate surface area is 69.2 Å². The topological polar surface area (TPSA) is 23.5 Å². The van der Waals surface area contributed by atoms with Gasteiger partial charge in [-0.15, -0.1) is 0 Å². The Kier molecular flexibility index (Phi) is 3.34. The smallest absolute Gasteiger partial charge is 0.0443 e. The Morgan fingerprint density at radius 1 is 1.27 bits per heavy atom. The third-order valence-corrected chi connectivity index (χ3v) is 2.70. The monoisotopic (exact) mass is 157 g/mol. The second kappa shape index (κ2) is 4.07. The van der Waals surface area contributed by atoms with E-state index in [1.54, 1.807) is 0 Å². The van der Waals surface area contributed by atoms with Crippen molar-refractivity contribution in [2.24, 2.45) is 11.8 Å². The van der Waals surface area contributed by atoms with Crippen LogP contribution in [-0.4, -0.2) is 36.2 Å². The van der Waals surface area contributed by atoms with Crippen LogP contribution in [0, 0.1) is 11.8 Å².